The summed E-state index contributed by atoms with van der Waals surface area (Å²) in [6.45, 7) is 2.36. The molecule has 3 rings (SSSR count). The lowest BCUT2D eigenvalue weighted by Crippen LogP contribution is -2.34. The van der Waals surface area contributed by atoms with Gasteiger partial charge >= 0.3 is 5.97 Å². The summed E-state index contributed by atoms with van der Waals surface area (Å²) in [4.78, 5) is 25.1. The highest BCUT2D eigenvalue weighted by Crippen LogP contribution is 2.31. The highest BCUT2D eigenvalue weighted by molar-refractivity contribution is 5.80. The highest BCUT2D eigenvalue weighted by atomic mass is 19.1. The lowest BCUT2D eigenvalue weighted by atomic mass is 9.90. The Bertz CT molecular complexity index is 800. The van der Waals surface area contributed by atoms with Gasteiger partial charge in [0.05, 0.1) is 11.0 Å². The normalized spacial score (nSPS) is 20.0. The number of carbonyl (C=O) groups is 2. The van der Waals surface area contributed by atoms with Crippen molar-refractivity contribution < 1.29 is 23.5 Å². The van der Waals surface area contributed by atoms with E-state index in [9.17, 15) is 19.1 Å². The van der Waals surface area contributed by atoms with Crippen LogP contribution in [0.25, 0.3) is 11.3 Å². The van der Waals surface area contributed by atoms with Gasteiger partial charge in [0, 0.05) is 25.9 Å². The standard InChI is InChI=1S/C19H20FNO4/c1-19(18(23)24)10-11-21(12-19)17(22)9-7-13-6-8-16(25-13)14-4-2-3-5-15(14)20/h2-6,8H,7,9-12H2,1H3,(H,23,24). The molecule has 1 amide bonds. The van der Waals surface area contributed by atoms with Gasteiger partial charge in [0.25, 0.3) is 0 Å². The van der Waals surface area contributed by atoms with Gasteiger partial charge < -0.3 is 14.4 Å². The van der Waals surface area contributed by atoms with E-state index in [2.05, 4.69) is 0 Å². The van der Waals surface area contributed by atoms with Crippen LogP contribution in [-0.2, 0) is 16.0 Å². The van der Waals surface area contributed by atoms with Gasteiger partial charge in [-0.3, -0.25) is 9.59 Å². The molecular weight excluding hydrogens is 325 g/mol. The maximum absolute atomic E-state index is 13.8. The van der Waals surface area contributed by atoms with Gasteiger partial charge in [0.15, 0.2) is 0 Å². The third kappa shape index (κ3) is 3.57. The van der Waals surface area contributed by atoms with Crippen LogP contribution < -0.4 is 0 Å². The molecule has 2 heterocycles. The fourth-order valence-electron chi connectivity index (χ4n) is 3.05. The van der Waals surface area contributed by atoms with E-state index in [1.54, 1.807) is 42.2 Å². The van der Waals surface area contributed by atoms with Gasteiger partial charge in [-0.25, -0.2) is 4.39 Å². The van der Waals surface area contributed by atoms with Gasteiger partial charge in [0.2, 0.25) is 5.91 Å². The van der Waals surface area contributed by atoms with Gasteiger partial charge in [-0.1, -0.05) is 12.1 Å². The molecule has 1 unspecified atom stereocenters. The number of carboxylic acids is 1. The number of hydrogen-bond donors (Lipinski definition) is 1. The van der Waals surface area contributed by atoms with Crippen LogP contribution >= 0.6 is 0 Å². The van der Waals surface area contributed by atoms with E-state index in [4.69, 9.17) is 4.42 Å². The van der Waals surface area contributed by atoms with Crippen molar-refractivity contribution in [1.29, 1.82) is 0 Å². The number of carboxylic acid groups (broad SMARTS) is 1. The minimum Gasteiger partial charge on any atom is -0.481 e. The Hall–Kier alpha value is -2.63. The van der Waals surface area contributed by atoms with E-state index >= 15 is 0 Å². The first-order valence-electron chi connectivity index (χ1n) is 8.24. The number of furan rings is 1. The zero-order chi connectivity index (χ0) is 18.0. The predicted molar refractivity (Wildman–Crippen MR) is 89.4 cm³/mol. The third-order valence-electron chi connectivity index (χ3n) is 4.73. The van der Waals surface area contributed by atoms with Gasteiger partial charge in [-0.2, -0.15) is 0 Å². The Morgan fingerprint density at radius 1 is 1.28 bits per heavy atom. The minimum atomic E-state index is -0.872. The van der Waals surface area contributed by atoms with Gasteiger partial charge in [-0.05, 0) is 37.6 Å². The van der Waals surface area contributed by atoms with E-state index < -0.39 is 11.4 Å². The number of hydrogen-bond acceptors (Lipinski definition) is 3. The molecular formula is C19H20FNO4. The lowest BCUT2D eigenvalue weighted by Gasteiger charge is -2.20. The summed E-state index contributed by atoms with van der Waals surface area (Å²) in [5.74, 6) is -0.284. The van der Waals surface area contributed by atoms with Crippen LogP contribution in [0.4, 0.5) is 4.39 Å². The molecule has 25 heavy (non-hydrogen) atoms. The number of carbonyl (C=O) groups excluding carboxylic acids is 1. The van der Waals surface area contributed by atoms with Crippen molar-refractivity contribution in [2.24, 2.45) is 5.41 Å². The summed E-state index contributed by atoms with van der Waals surface area (Å²) in [6.07, 6.45) is 1.10. The van der Waals surface area contributed by atoms with Crippen LogP contribution in [0, 0.1) is 11.2 Å². The number of halogens is 1. The molecule has 0 bridgehead atoms. The molecule has 1 aliphatic heterocycles. The fraction of sp³-hybridized carbons (Fsp3) is 0.368. The second kappa shape index (κ2) is 6.70. The Morgan fingerprint density at radius 3 is 2.72 bits per heavy atom. The number of rotatable bonds is 5. The van der Waals surface area contributed by atoms with E-state index in [-0.39, 0.29) is 24.7 Å². The van der Waals surface area contributed by atoms with Crippen LogP contribution in [0.1, 0.15) is 25.5 Å². The number of aryl methyl sites for hydroxylation is 1. The van der Waals surface area contributed by atoms with Crippen molar-refractivity contribution in [1.82, 2.24) is 4.90 Å². The van der Waals surface area contributed by atoms with E-state index in [0.29, 0.717) is 36.5 Å². The fourth-order valence-corrected chi connectivity index (χ4v) is 3.05. The molecule has 0 radical (unpaired) electrons. The number of likely N-dealkylation sites (tertiary alicyclic amines) is 1. The van der Waals surface area contributed by atoms with Crippen molar-refractivity contribution in [3.8, 4) is 11.3 Å². The second-order valence-corrected chi connectivity index (χ2v) is 6.68. The van der Waals surface area contributed by atoms with Crippen LogP contribution in [-0.4, -0.2) is 35.0 Å². The Labute approximate surface area is 145 Å². The second-order valence-electron chi connectivity index (χ2n) is 6.68. The molecule has 2 aromatic rings. The van der Waals surface area contributed by atoms with Crippen molar-refractivity contribution in [2.45, 2.75) is 26.2 Å². The van der Waals surface area contributed by atoms with Crippen LogP contribution in [0.5, 0.6) is 0 Å². The summed E-state index contributed by atoms with van der Waals surface area (Å²) in [5, 5.41) is 9.23. The maximum Gasteiger partial charge on any atom is 0.311 e. The average molecular weight is 345 g/mol. The zero-order valence-corrected chi connectivity index (χ0v) is 14.0. The molecule has 1 aromatic heterocycles. The molecule has 132 valence electrons. The van der Waals surface area contributed by atoms with Crippen molar-refractivity contribution in [3.63, 3.8) is 0 Å². The quantitative estimate of drug-likeness (QED) is 0.902. The molecule has 1 aromatic carbocycles. The molecule has 1 saturated heterocycles. The molecule has 0 aliphatic carbocycles. The first-order chi connectivity index (χ1) is 11.9. The predicted octanol–water partition coefficient (Wildman–Crippen LogP) is 3.34. The van der Waals surface area contributed by atoms with E-state index in [1.165, 1.54) is 6.07 Å². The van der Waals surface area contributed by atoms with Crippen molar-refractivity contribution in [2.75, 3.05) is 13.1 Å². The zero-order valence-electron chi connectivity index (χ0n) is 14.0. The number of aliphatic carboxylic acids is 1. The first kappa shape index (κ1) is 17.2. The molecule has 1 N–H and O–H groups in total. The smallest absolute Gasteiger partial charge is 0.311 e. The topological polar surface area (TPSA) is 70.8 Å². The minimum absolute atomic E-state index is 0.0891. The summed E-state index contributed by atoms with van der Waals surface area (Å²) in [5.41, 5.74) is -0.477. The molecule has 1 aliphatic rings. The SMILES string of the molecule is CC1(C(=O)O)CCN(C(=O)CCc2ccc(-c3ccccc3F)o2)C1. The first-order valence-corrected chi connectivity index (χ1v) is 8.24. The van der Waals surface area contributed by atoms with Crippen LogP contribution in [0.3, 0.4) is 0 Å². The monoisotopic (exact) mass is 345 g/mol. The maximum atomic E-state index is 13.8. The largest absolute Gasteiger partial charge is 0.481 e. The summed E-state index contributed by atoms with van der Waals surface area (Å²) < 4.78 is 19.4. The summed E-state index contributed by atoms with van der Waals surface area (Å²) >= 11 is 0. The number of amides is 1. The number of nitrogens with zero attached hydrogens (tertiary/aromatic N) is 1. The van der Waals surface area contributed by atoms with E-state index in [0.717, 1.165) is 0 Å². The van der Waals surface area contributed by atoms with Gasteiger partial charge in [0.1, 0.15) is 17.3 Å². The average Bonchev–Trinajstić information content (AvgIpc) is 3.21. The Balaban J connectivity index is 1.59. The molecule has 6 heteroatoms. The highest BCUT2D eigenvalue weighted by Gasteiger charge is 2.41. The summed E-state index contributed by atoms with van der Waals surface area (Å²) in [7, 11) is 0. The molecule has 0 saturated carbocycles. The molecule has 1 fully saturated rings. The van der Waals surface area contributed by atoms with Crippen LogP contribution in [0.2, 0.25) is 0 Å². The van der Waals surface area contributed by atoms with Gasteiger partial charge in [-0.15, -0.1) is 0 Å². The van der Waals surface area contributed by atoms with Crippen molar-refractivity contribution >= 4 is 11.9 Å². The number of benzene rings is 1. The lowest BCUT2D eigenvalue weighted by molar-refractivity contribution is -0.147. The molecule has 0 spiro atoms. The van der Waals surface area contributed by atoms with E-state index in [1.807, 2.05) is 0 Å². The Morgan fingerprint density at radius 2 is 2.04 bits per heavy atom. The Kier molecular flexibility index (Phi) is 4.61. The third-order valence-corrected chi connectivity index (χ3v) is 4.73. The van der Waals surface area contributed by atoms with Crippen LogP contribution in [0.15, 0.2) is 40.8 Å². The molecule has 5 nitrogen and oxygen atoms in total. The van der Waals surface area contributed by atoms with Crippen molar-refractivity contribution in [3.05, 3.63) is 48.0 Å². The summed E-state index contributed by atoms with van der Waals surface area (Å²) in [6, 6.07) is 9.78. The molecule has 1 atom stereocenters.